The topological polar surface area (TPSA) is 40.8 Å². The summed E-state index contributed by atoms with van der Waals surface area (Å²) in [7, 11) is 2.08. The molecular weight excluding hydrogens is 476 g/mol. The molecule has 2 heterocycles. The van der Waals surface area contributed by atoms with Crippen molar-refractivity contribution in [3.63, 3.8) is 0 Å². The van der Waals surface area contributed by atoms with E-state index in [4.69, 9.17) is 4.42 Å². The zero-order chi connectivity index (χ0) is 27.3. The first-order chi connectivity index (χ1) is 18.9. The molecule has 4 aromatic carbocycles. The van der Waals surface area contributed by atoms with Crippen LogP contribution in [0.1, 0.15) is 42.0 Å². The first-order valence-corrected chi connectivity index (χ1v) is 13.4. The lowest BCUT2D eigenvalue weighted by Gasteiger charge is -2.10. The van der Waals surface area contributed by atoms with Gasteiger partial charge in [-0.1, -0.05) is 68.4 Å². The summed E-state index contributed by atoms with van der Waals surface area (Å²) in [6.07, 6.45) is 2.13. The second kappa shape index (κ2) is 9.57. The summed E-state index contributed by atoms with van der Waals surface area (Å²) in [5, 5.41) is 12.3. The SMILES string of the molecule is Cc1cc(C)c2c(oc3c(-c4cccc(-c5ccccc5)c4)c(C#N)ccc32)c1-c1cc(C(C)C)cc[n+]1C. The molecule has 0 N–H and O–H groups in total. The Hall–Kier alpha value is -4.68. The number of aryl methyl sites for hydroxylation is 3. The molecule has 39 heavy (non-hydrogen) atoms. The van der Waals surface area contributed by atoms with E-state index >= 15 is 0 Å². The highest BCUT2D eigenvalue weighted by Crippen LogP contribution is 2.44. The Morgan fingerprint density at radius 1 is 0.744 bits per heavy atom. The van der Waals surface area contributed by atoms with Gasteiger partial charge in [0.15, 0.2) is 6.20 Å². The standard InChI is InChI=1S/C36H31N2O/c1-22(2)26-16-17-38(5)31(20-26)33-24(4)18-23(3)32-30-15-14-29(21-37)34(35(30)39-36(32)33)28-13-9-12-27(19-28)25-10-7-6-8-11-25/h6-20,22H,1-5H3/q+1. The minimum absolute atomic E-state index is 0.420. The molecule has 0 atom stereocenters. The zero-order valence-electron chi connectivity index (χ0n) is 23.0. The van der Waals surface area contributed by atoms with Crippen LogP contribution in [0.15, 0.2) is 95.5 Å². The average molecular weight is 508 g/mol. The number of furan rings is 1. The fourth-order valence-corrected chi connectivity index (χ4v) is 5.75. The molecule has 0 unspecified atom stereocenters. The first kappa shape index (κ1) is 24.6. The summed E-state index contributed by atoms with van der Waals surface area (Å²) >= 11 is 0. The fraction of sp³-hybridized carbons (Fsp3) is 0.167. The zero-order valence-corrected chi connectivity index (χ0v) is 23.0. The van der Waals surface area contributed by atoms with E-state index in [0.29, 0.717) is 11.5 Å². The molecule has 190 valence electrons. The Bertz CT molecular complexity index is 1920. The lowest BCUT2D eigenvalue weighted by Crippen LogP contribution is -2.31. The molecule has 3 heteroatoms. The van der Waals surface area contributed by atoms with Gasteiger partial charge in [-0.25, -0.2) is 4.57 Å². The largest absolute Gasteiger partial charge is 0.454 e. The van der Waals surface area contributed by atoms with E-state index in [2.05, 4.69) is 106 Å². The highest BCUT2D eigenvalue weighted by molar-refractivity contribution is 6.15. The third kappa shape index (κ3) is 4.10. The van der Waals surface area contributed by atoms with Crippen molar-refractivity contribution in [3.05, 3.63) is 113 Å². The minimum atomic E-state index is 0.420. The van der Waals surface area contributed by atoms with Gasteiger partial charge in [-0.05, 0) is 71.3 Å². The molecule has 6 rings (SSSR count). The molecule has 0 aliphatic heterocycles. The molecule has 0 bridgehead atoms. The molecule has 0 radical (unpaired) electrons. The average Bonchev–Trinajstić information content (AvgIpc) is 3.33. The number of hydrogen-bond acceptors (Lipinski definition) is 2. The minimum Gasteiger partial charge on any atom is -0.454 e. The number of nitriles is 1. The Kier molecular flexibility index (Phi) is 6.04. The highest BCUT2D eigenvalue weighted by Gasteiger charge is 2.25. The van der Waals surface area contributed by atoms with Crippen LogP contribution in [0, 0.1) is 25.2 Å². The molecular formula is C36H31N2O+. The van der Waals surface area contributed by atoms with Gasteiger partial charge in [-0.15, -0.1) is 0 Å². The predicted molar refractivity (Wildman–Crippen MR) is 159 cm³/mol. The van der Waals surface area contributed by atoms with Gasteiger partial charge in [0.1, 0.15) is 18.2 Å². The number of benzene rings is 4. The van der Waals surface area contributed by atoms with Gasteiger partial charge in [0, 0.05) is 28.5 Å². The molecule has 3 nitrogen and oxygen atoms in total. The van der Waals surface area contributed by atoms with Crippen LogP contribution in [0.3, 0.4) is 0 Å². The van der Waals surface area contributed by atoms with Crippen molar-refractivity contribution in [2.75, 3.05) is 0 Å². The van der Waals surface area contributed by atoms with Crippen LogP contribution >= 0.6 is 0 Å². The van der Waals surface area contributed by atoms with Gasteiger partial charge in [-0.2, -0.15) is 5.26 Å². The molecule has 2 aromatic heterocycles. The van der Waals surface area contributed by atoms with E-state index in [9.17, 15) is 5.26 Å². The van der Waals surface area contributed by atoms with Crippen LogP contribution in [-0.4, -0.2) is 0 Å². The van der Waals surface area contributed by atoms with Gasteiger partial charge in [0.2, 0.25) is 5.69 Å². The van der Waals surface area contributed by atoms with Gasteiger partial charge in [0.05, 0.1) is 17.2 Å². The molecule has 0 saturated carbocycles. The van der Waals surface area contributed by atoms with E-state index in [1.165, 1.54) is 16.7 Å². The fourth-order valence-electron chi connectivity index (χ4n) is 5.75. The van der Waals surface area contributed by atoms with E-state index in [1.54, 1.807) is 0 Å². The molecule has 0 aliphatic carbocycles. The Labute approximate surface area is 229 Å². The number of nitrogens with zero attached hydrogens (tertiary/aromatic N) is 2. The smallest absolute Gasteiger partial charge is 0.216 e. The second-order valence-electron chi connectivity index (χ2n) is 10.7. The van der Waals surface area contributed by atoms with E-state index in [1.807, 2.05) is 30.3 Å². The molecule has 0 spiro atoms. The van der Waals surface area contributed by atoms with Gasteiger partial charge in [-0.3, -0.25) is 0 Å². The molecule has 6 aromatic rings. The van der Waals surface area contributed by atoms with Crippen molar-refractivity contribution in [2.45, 2.75) is 33.6 Å². The summed E-state index contributed by atoms with van der Waals surface area (Å²) in [6, 6.07) is 31.8. The molecule has 0 aliphatic rings. The number of fused-ring (bicyclic) bond motifs is 3. The van der Waals surface area contributed by atoms with Crippen molar-refractivity contribution < 1.29 is 8.98 Å². The highest BCUT2D eigenvalue weighted by atomic mass is 16.3. The summed E-state index contributed by atoms with van der Waals surface area (Å²) < 4.78 is 9.03. The lowest BCUT2D eigenvalue weighted by molar-refractivity contribution is -0.660. The number of hydrogen-bond donors (Lipinski definition) is 0. The van der Waals surface area contributed by atoms with Crippen LogP contribution in [-0.2, 0) is 7.05 Å². The van der Waals surface area contributed by atoms with Crippen LogP contribution in [0.5, 0.6) is 0 Å². The lowest BCUT2D eigenvalue weighted by atomic mass is 9.92. The normalized spacial score (nSPS) is 11.4. The maximum atomic E-state index is 10.2. The quantitative estimate of drug-likeness (QED) is 0.223. The second-order valence-corrected chi connectivity index (χ2v) is 10.7. The Morgan fingerprint density at radius 3 is 2.23 bits per heavy atom. The summed E-state index contributed by atoms with van der Waals surface area (Å²) in [4.78, 5) is 0. The number of rotatable bonds is 4. The Morgan fingerprint density at radius 2 is 1.49 bits per heavy atom. The van der Waals surface area contributed by atoms with Crippen LogP contribution in [0.4, 0.5) is 0 Å². The third-order valence-corrected chi connectivity index (χ3v) is 7.78. The first-order valence-electron chi connectivity index (χ1n) is 13.4. The van der Waals surface area contributed by atoms with Gasteiger partial charge < -0.3 is 4.42 Å². The predicted octanol–water partition coefficient (Wildman–Crippen LogP) is 9.02. The van der Waals surface area contributed by atoms with Gasteiger partial charge in [0.25, 0.3) is 0 Å². The maximum absolute atomic E-state index is 10.2. The Balaban J connectivity index is 1.68. The van der Waals surface area contributed by atoms with Crippen molar-refractivity contribution in [1.29, 1.82) is 5.26 Å². The summed E-state index contributed by atoms with van der Waals surface area (Å²) in [5.74, 6) is 0.420. The summed E-state index contributed by atoms with van der Waals surface area (Å²) in [5.41, 5.74) is 12.1. The van der Waals surface area contributed by atoms with Crippen molar-refractivity contribution in [2.24, 2.45) is 7.05 Å². The van der Waals surface area contributed by atoms with E-state index < -0.39 is 0 Å². The molecule has 0 fully saturated rings. The van der Waals surface area contributed by atoms with Gasteiger partial charge >= 0.3 is 0 Å². The molecule has 0 amide bonds. The monoisotopic (exact) mass is 507 g/mol. The molecule has 0 saturated heterocycles. The van der Waals surface area contributed by atoms with E-state index in [0.717, 1.165) is 55.4 Å². The van der Waals surface area contributed by atoms with Crippen molar-refractivity contribution >= 4 is 21.9 Å². The third-order valence-electron chi connectivity index (χ3n) is 7.78. The van der Waals surface area contributed by atoms with E-state index in [-0.39, 0.29) is 0 Å². The van der Waals surface area contributed by atoms with Crippen LogP contribution < -0.4 is 4.57 Å². The van der Waals surface area contributed by atoms with Crippen LogP contribution in [0.2, 0.25) is 0 Å². The maximum Gasteiger partial charge on any atom is 0.216 e. The summed E-state index contributed by atoms with van der Waals surface area (Å²) in [6.45, 7) is 8.74. The van der Waals surface area contributed by atoms with Crippen molar-refractivity contribution in [1.82, 2.24) is 0 Å². The number of aromatic nitrogens is 1. The van der Waals surface area contributed by atoms with Crippen LogP contribution in [0.25, 0.3) is 55.4 Å². The van der Waals surface area contributed by atoms with Crippen molar-refractivity contribution in [3.8, 4) is 39.6 Å². The number of pyridine rings is 1.